The number of aryl methyl sites for hydroxylation is 1. The molecule has 0 radical (unpaired) electrons. The molecule has 0 saturated carbocycles. The van der Waals surface area contributed by atoms with E-state index in [2.05, 4.69) is 32.2 Å². The number of thiazole rings is 1. The topological polar surface area (TPSA) is 128 Å². The Bertz CT molecular complexity index is 2030. The van der Waals surface area contributed by atoms with E-state index >= 15 is 0 Å². The number of fused-ring (bicyclic) bond motifs is 2. The number of nitrogens with two attached hydrogens (primary N) is 1. The molecule has 0 aliphatic heterocycles. The van der Waals surface area contributed by atoms with Gasteiger partial charge in [-0.15, -0.1) is 16.4 Å². The van der Waals surface area contributed by atoms with E-state index < -0.39 is 11.9 Å². The van der Waals surface area contributed by atoms with Gasteiger partial charge in [0, 0.05) is 18.0 Å². The Hall–Kier alpha value is -5.27. The van der Waals surface area contributed by atoms with Gasteiger partial charge in [-0.25, -0.2) is 14.5 Å². The number of nitrogen functional groups attached to an aromatic ring is 1. The molecule has 2 aromatic carbocycles. The molecule has 9 nitrogen and oxygen atoms in total. The number of nitrogens with one attached hydrogen (secondary N) is 1. The van der Waals surface area contributed by atoms with Crippen molar-refractivity contribution in [3.63, 3.8) is 0 Å². The lowest BCUT2D eigenvalue weighted by atomic mass is 9.97. The summed E-state index contributed by atoms with van der Waals surface area (Å²) in [5, 5.41) is 7.46. The first-order valence-electron chi connectivity index (χ1n) is 12.4. The van der Waals surface area contributed by atoms with E-state index in [4.69, 9.17) is 10.2 Å². The number of anilines is 1. The van der Waals surface area contributed by atoms with Gasteiger partial charge in [0.05, 0.1) is 33.1 Å². The van der Waals surface area contributed by atoms with Crippen LogP contribution in [-0.2, 0) is 0 Å². The van der Waals surface area contributed by atoms with Gasteiger partial charge in [0.15, 0.2) is 11.5 Å². The lowest BCUT2D eigenvalue weighted by Crippen LogP contribution is -2.28. The van der Waals surface area contributed by atoms with Crippen molar-refractivity contribution in [3.05, 3.63) is 110 Å². The minimum atomic E-state index is -0.701. The van der Waals surface area contributed by atoms with Crippen molar-refractivity contribution in [2.75, 3.05) is 5.73 Å². The van der Waals surface area contributed by atoms with Crippen LogP contribution in [0.3, 0.4) is 0 Å². The van der Waals surface area contributed by atoms with E-state index in [-0.39, 0.29) is 16.8 Å². The lowest BCUT2D eigenvalue weighted by Gasteiger charge is -2.18. The van der Waals surface area contributed by atoms with E-state index in [0.29, 0.717) is 39.1 Å². The number of nitrogens with zero attached hydrogens (tertiary/aromatic N) is 4. The fraction of sp³-hybridized carbons (Fsp3) is 0.100. The van der Waals surface area contributed by atoms with Crippen molar-refractivity contribution in [1.82, 2.24) is 24.9 Å². The zero-order valence-corrected chi connectivity index (χ0v) is 22.3. The Balaban J connectivity index is 1.48. The van der Waals surface area contributed by atoms with Crippen molar-refractivity contribution >= 4 is 39.7 Å². The molecule has 40 heavy (non-hydrogen) atoms. The Morgan fingerprint density at radius 3 is 2.70 bits per heavy atom. The number of rotatable bonds is 4. The smallest absolute Gasteiger partial charge is 0.259 e. The quantitative estimate of drug-likeness (QED) is 0.306. The Morgan fingerprint density at radius 1 is 1.10 bits per heavy atom. The van der Waals surface area contributed by atoms with E-state index in [1.165, 1.54) is 15.9 Å². The van der Waals surface area contributed by atoms with Crippen molar-refractivity contribution in [3.8, 4) is 23.0 Å². The zero-order chi connectivity index (χ0) is 27.8. The lowest BCUT2D eigenvalue weighted by molar-refractivity contribution is 0.0938. The van der Waals surface area contributed by atoms with Crippen molar-refractivity contribution in [2.45, 2.75) is 19.9 Å². The molecule has 0 bridgehead atoms. The molecule has 4 aromatic heterocycles. The van der Waals surface area contributed by atoms with E-state index in [1.807, 2.05) is 37.3 Å². The molecular formula is C30H22N6O3S. The maximum absolute atomic E-state index is 14.2. The van der Waals surface area contributed by atoms with Crippen LogP contribution in [0.4, 0.5) is 5.82 Å². The number of aromatic nitrogens is 4. The average molecular weight is 547 g/mol. The normalized spacial score (nSPS) is 11.8. The molecule has 1 atom stereocenters. The number of hydrogen-bond donors (Lipinski definition) is 2. The highest BCUT2D eigenvalue weighted by Crippen LogP contribution is 2.30. The van der Waals surface area contributed by atoms with Gasteiger partial charge in [0.25, 0.3) is 5.91 Å². The second kappa shape index (κ2) is 10.1. The molecule has 1 amide bonds. The Morgan fingerprint density at radius 2 is 1.93 bits per heavy atom. The third kappa shape index (κ3) is 4.38. The largest absolute Gasteiger partial charge is 0.458 e. The van der Waals surface area contributed by atoms with Gasteiger partial charge < -0.3 is 15.5 Å². The highest BCUT2D eigenvalue weighted by molar-refractivity contribution is 7.10. The highest BCUT2D eigenvalue weighted by Gasteiger charge is 2.26. The minimum Gasteiger partial charge on any atom is -0.458 e. The summed E-state index contributed by atoms with van der Waals surface area (Å²) in [6, 6.07) is 15.5. The predicted octanol–water partition coefficient (Wildman–Crippen LogP) is 4.74. The van der Waals surface area contributed by atoms with Gasteiger partial charge in [-0.1, -0.05) is 42.3 Å². The third-order valence-corrected chi connectivity index (χ3v) is 7.30. The molecule has 0 aliphatic rings. The van der Waals surface area contributed by atoms with Crippen LogP contribution >= 0.6 is 11.3 Å². The summed E-state index contributed by atoms with van der Waals surface area (Å²) in [6.07, 6.45) is 3.22. The van der Waals surface area contributed by atoms with E-state index in [1.54, 1.807) is 49.1 Å². The minimum absolute atomic E-state index is 0.0473. The van der Waals surface area contributed by atoms with Crippen LogP contribution < -0.4 is 16.5 Å². The Labute approximate surface area is 232 Å². The van der Waals surface area contributed by atoms with Crippen LogP contribution in [0.5, 0.6) is 0 Å². The molecule has 1 unspecified atom stereocenters. The SMILES string of the molecule is Cc1ncsc1C#Cc1cccc2oc(C(C)NC(=O)c3c(N)nn4cccnc34)c(-c3ccccc3)c(=O)c12. The Kier molecular flexibility index (Phi) is 6.34. The summed E-state index contributed by atoms with van der Waals surface area (Å²) in [5.74, 6) is 6.13. The first-order valence-corrected chi connectivity index (χ1v) is 13.3. The van der Waals surface area contributed by atoms with Gasteiger partial charge in [-0.05, 0) is 43.5 Å². The van der Waals surface area contributed by atoms with Gasteiger partial charge in [0.1, 0.15) is 16.9 Å². The predicted molar refractivity (Wildman–Crippen MR) is 154 cm³/mol. The van der Waals surface area contributed by atoms with Crippen LogP contribution in [0.25, 0.3) is 27.7 Å². The second-order valence-electron chi connectivity index (χ2n) is 9.08. The molecule has 6 rings (SSSR count). The summed E-state index contributed by atoms with van der Waals surface area (Å²) in [6.45, 7) is 3.64. The van der Waals surface area contributed by atoms with Crippen LogP contribution in [0, 0.1) is 18.8 Å². The first-order chi connectivity index (χ1) is 19.4. The fourth-order valence-corrected chi connectivity index (χ4v) is 5.20. The summed E-state index contributed by atoms with van der Waals surface area (Å²) in [5.41, 5.74) is 10.8. The summed E-state index contributed by atoms with van der Waals surface area (Å²) in [7, 11) is 0. The molecule has 196 valence electrons. The highest BCUT2D eigenvalue weighted by atomic mass is 32.1. The number of carbonyl (C=O) groups excluding carboxylic acids is 1. The molecule has 6 aromatic rings. The monoisotopic (exact) mass is 546 g/mol. The van der Waals surface area contributed by atoms with Crippen LogP contribution in [0.1, 0.15) is 45.2 Å². The fourth-order valence-electron chi connectivity index (χ4n) is 4.55. The molecule has 0 spiro atoms. The van der Waals surface area contributed by atoms with Crippen molar-refractivity contribution in [2.24, 2.45) is 0 Å². The van der Waals surface area contributed by atoms with E-state index in [0.717, 1.165) is 10.6 Å². The standard InChI is InChI=1S/C30H22N6O3S/c1-17-22(40-16-33-17)13-12-20-10-6-11-21-23(20)26(37)24(19-8-4-3-5-9-19)27(39-21)18(2)34-30(38)25-28(31)35-36-15-7-14-32-29(25)36/h3-11,14-16,18H,1-2H3,(H2,31,35)(H,34,38). The molecular weight excluding hydrogens is 524 g/mol. The summed E-state index contributed by atoms with van der Waals surface area (Å²) in [4.78, 5) is 36.8. The first kappa shape index (κ1) is 25.0. The third-order valence-electron chi connectivity index (χ3n) is 6.46. The summed E-state index contributed by atoms with van der Waals surface area (Å²) >= 11 is 1.44. The molecule has 4 heterocycles. The van der Waals surface area contributed by atoms with Crippen LogP contribution in [-0.4, -0.2) is 25.5 Å². The molecule has 0 aliphatic carbocycles. The zero-order valence-electron chi connectivity index (χ0n) is 21.5. The van der Waals surface area contributed by atoms with Gasteiger partial charge in [-0.2, -0.15) is 0 Å². The molecule has 10 heteroatoms. The number of benzene rings is 2. The second-order valence-corrected chi connectivity index (χ2v) is 9.93. The number of hydrogen-bond acceptors (Lipinski definition) is 8. The maximum Gasteiger partial charge on any atom is 0.259 e. The van der Waals surface area contributed by atoms with Crippen LogP contribution in [0.2, 0.25) is 0 Å². The van der Waals surface area contributed by atoms with E-state index in [9.17, 15) is 9.59 Å². The summed E-state index contributed by atoms with van der Waals surface area (Å²) < 4.78 is 7.81. The maximum atomic E-state index is 14.2. The van der Waals surface area contributed by atoms with Crippen molar-refractivity contribution < 1.29 is 9.21 Å². The number of carbonyl (C=O) groups is 1. The van der Waals surface area contributed by atoms with Gasteiger partial charge in [-0.3, -0.25) is 9.59 Å². The van der Waals surface area contributed by atoms with Crippen LogP contribution in [0.15, 0.2) is 81.7 Å². The molecule has 0 fully saturated rings. The average Bonchev–Trinajstić information content (AvgIpc) is 3.53. The molecule has 0 saturated heterocycles. The van der Waals surface area contributed by atoms with Gasteiger partial charge in [0.2, 0.25) is 5.43 Å². The molecule has 3 N–H and O–H groups in total. The number of amides is 1. The van der Waals surface area contributed by atoms with Crippen molar-refractivity contribution in [1.29, 1.82) is 0 Å². The van der Waals surface area contributed by atoms with Gasteiger partial charge >= 0.3 is 0 Å².